The van der Waals surface area contributed by atoms with E-state index in [0.717, 1.165) is 36.3 Å². The number of fused-ring (bicyclic) bond motifs is 1. The first kappa shape index (κ1) is 25.3. The fourth-order valence-corrected chi connectivity index (χ4v) is 5.98. The SMILES string of the molecule is C/C=C/CCc1ccc(OC(=O)c2ccc(C3CCC4CC(/C=C/C)CCC4C3)cc2F)c(F)c1. The Kier molecular flexibility index (Phi) is 8.54. The van der Waals surface area contributed by atoms with Gasteiger partial charge < -0.3 is 4.74 Å². The second-order valence-electron chi connectivity index (χ2n) is 10.1. The van der Waals surface area contributed by atoms with Crippen molar-refractivity contribution >= 4 is 5.97 Å². The molecule has 0 bridgehead atoms. The minimum absolute atomic E-state index is 0.161. The van der Waals surface area contributed by atoms with E-state index in [0.29, 0.717) is 24.2 Å². The van der Waals surface area contributed by atoms with Crippen LogP contribution in [0.15, 0.2) is 60.7 Å². The van der Waals surface area contributed by atoms with Crippen LogP contribution in [0.1, 0.15) is 86.2 Å². The number of hydrogen-bond donors (Lipinski definition) is 0. The van der Waals surface area contributed by atoms with E-state index in [4.69, 9.17) is 4.74 Å². The fourth-order valence-electron chi connectivity index (χ4n) is 5.98. The molecule has 4 rings (SSSR count). The summed E-state index contributed by atoms with van der Waals surface area (Å²) < 4.78 is 34.6. The van der Waals surface area contributed by atoms with Gasteiger partial charge in [-0.25, -0.2) is 13.6 Å². The van der Waals surface area contributed by atoms with Crippen LogP contribution >= 0.6 is 0 Å². The number of carbonyl (C=O) groups excluding carboxylic acids is 1. The van der Waals surface area contributed by atoms with E-state index in [1.165, 1.54) is 49.9 Å². The number of esters is 1. The average Bonchev–Trinajstić information content (AvgIpc) is 2.85. The molecule has 4 unspecified atom stereocenters. The molecule has 2 aromatic carbocycles. The van der Waals surface area contributed by atoms with Gasteiger partial charge in [-0.15, -0.1) is 0 Å². The van der Waals surface area contributed by atoms with E-state index in [9.17, 15) is 13.6 Å². The predicted molar refractivity (Wildman–Crippen MR) is 137 cm³/mol. The Hall–Kier alpha value is -2.75. The van der Waals surface area contributed by atoms with Gasteiger partial charge in [-0.3, -0.25) is 0 Å². The predicted octanol–water partition coefficient (Wildman–Crippen LogP) is 8.57. The van der Waals surface area contributed by atoms with E-state index < -0.39 is 17.6 Å². The lowest BCUT2D eigenvalue weighted by molar-refractivity contribution is 0.0723. The molecule has 2 nitrogen and oxygen atoms in total. The van der Waals surface area contributed by atoms with Crippen LogP contribution in [0.25, 0.3) is 0 Å². The summed E-state index contributed by atoms with van der Waals surface area (Å²) >= 11 is 0. The molecular formula is C31H36F2O2. The third-order valence-electron chi connectivity index (χ3n) is 7.84. The summed E-state index contributed by atoms with van der Waals surface area (Å²) in [5, 5.41) is 0. The summed E-state index contributed by atoms with van der Waals surface area (Å²) in [6.07, 6.45) is 17.1. The molecule has 0 radical (unpaired) electrons. The zero-order chi connectivity index (χ0) is 24.8. The van der Waals surface area contributed by atoms with Gasteiger partial charge in [-0.05, 0) is 124 Å². The van der Waals surface area contributed by atoms with Crippen molar-refractivity contribution in [2.75, 3.05) is 0 Å². The van der Waals surface area contributed by atoms with Gasteiger partial charge in [-0.1, -0.05) is 36.4 Å². The molecule has 0 spiro atoms. The number of benzene rings is 2. The molecule has 2 saturated carbocycles. The van der Waals surface area contributed by atoms with Gasteiger partial charge in [0.05, 0.1) is 5.56 Å². The van der Waals surface area contributed by atoms with Gasteiger partial charge in [0.2, 0.25) is 0 Å². The van der Waals surface area contributed by atoms with Gasteiger partial charge in [0.1, 0.15) is 5.82 Å². The first-order chi connectivity index (χ1) is 17.0. The summed E-state index contributed by atoms with van der Waals surface area (Å²) in [5.41, 5.74) is 1.61. The highest BCUT2D eigenvalue weighted by Crippen LogP contribution is 2.48. The summed E-state index contributed by atoms with van der Waals surface area (Å²) in [4.78, 5) is 12.6. The van der Waals surface area contributed by atoms with Gasteiger partial charge in [0.25, 0.3) is 0 Å². The fraction of sp³-hybridized carbons (Fsp3) is 0.452. The number of aryl methyl sites for hydroxylation is 1. The van der Waals surface area contributed by atoms with E-state index in [1.807, 2.05) is 25.1 Å². The third kappa shape index (κ3) is 6.28. The van der Waals surface area contributed by atoms with Crippen LogP contribution in [0.2, 0.25) is 0 Å². The van der Waals surface area contributed by atoms with Crippen LogP contribution in [0, 0.1) is 29.4 Å². The highest BCUT2D eigenvalue weighted by atomic mass is 19.1. The highest BCUT2D eigenvalue weighted by Gasteiger charge is 2.35. The van der Waals surface area contributed by atoms with Crippen molar-refractivity contribution in [3.05, 3.63) is 89.0 Å². The van der Waals surface area contributed by atoms with Crippen molar-refractivity contribution in [1.29, 1.82) is 0 Å². The average molecular weight is 479 g/mol. The maximum Gasteiger partial charge on any atom is 0.346 e. The molecule has 186 valence electrons. The zero-order valence-corrected chi connectivity index (χ0v) is 20.8. The van der Waals surface area contributed by atoms with Crippen LogP contribution in [0.4, 0.5) is 8.78 Å². The van der Waals surface area contributed by atoms with Crippen LogP contribution < -0.4 is 4.74 Å². The smallest absolute Gasteiger partial charge is 0.346 e. The molecule has 4 heteroatoms. The van der Waals surface area contributed by atoms with Crippen LogP contribution in [-0.4, -0.2) is 5.97 Å². The summed E-state index contributed by atoms with van der Waals surface area (Å²) in [7, 11) is 0. The third-order valence-corrected chi connectivity index (χ3v) is 7.84. The van der Waals surface area contributed by atoms with E-state index in [1.54, 1.807) is 6.07 Å². The summed E-state index contributed by atoms with van der Waals surface area (Å²) in [6.45, 7) is 4.03. The van der Waals surface area contributed by atoms with E-state index in [-0.39, 0.29) is 11.3 Å². The number of rotatable bonds is 7. The van der Waals surface area contributed by atoms with Crippen molar-refractivity contribution in [2.45, 2.75) is 71.1 Å². The molecule has 0 aromatic heterocycles. The molecule has 35 heavy (non-hydrogen) atoms. The Labute approximate surface area is 208 Å². The van der Waals surface area contributed by atoms with Crippen molar-refractivity contribution in [3.8, 4) is 5.75 Å². The maximum absolute atomic E-state index is 15.0. The standard InChI is InChI=1S/C31H36F2O2/c1-3-5-6-8-22-10-16-30(29(33)18-22)35-31(34)27-15-14-26(20-28(27)32)25-13-12-23-17-21(7-4-2)9-11-24(23)19-25/h3-5,7,10,14-16,18,20-21,23-25H,6,8-9,11-13,17,19H2,1-2H3/b5-3+,7-4+. The second kappa shape index (κ2) is 11.8. The van der Waals surface area contributed by atoms with Crippen LogP contribution in [0.3, 0.4) is 0 Å². The molecule has 4 atom stereocenters. The summed E-state index contributed by atoms with van der Waals surface area (Å²) in [6, 6.07) is 9.36. The number of carbonyl (C=O) groups is 1. The minimum Gasteiger partial charge on any atom is -0.420 e. The van der Waals surface area contributed by atoms with E-state index >= 15 is 0 Å². The molecule has 0 aliphatic heterocycles. The largest absolute Gasteiger partial charge is 0.420 e. The molecule has 2 fully saturated rings. The number of hydrogen-bond acceptors (Lipinski definition) is 2. The van der Waals surface area contributed by atoms with Crippen LogP contribution in [-0.2, 0) is 6.42 Å². The highest BCUT2D eigenvalue weighted by molar-refractivity contribution is 5.91. The Morgan fingerprint density at radius 1 is 0.943 bits per heavy atom. The maximum atomic E-state index is 15.0. The molecule has 0 saturated heterocycles. The second-order valence-corrected chi connectivity index (χ2v) is 10.1. The molecule has 0 heterocycles. The molecule has 0 N–H and O–H groups in total. The van der Waals surface area contributed by atoms with Crippen molar-refractivity contribution in [3.63, 3.8) is 0 Å². The Morgan fingerprint density at radius 3 is 2.49 bits per heavy atom. The Bertz CT molecular complexity index is 1090. The van der Waals surface area contributed by atoms with Gasteiger partial charge in [-0.2, -0.15) is 0 Å². The molecule has 2 aromatic rings. The quantitative estimate of drug-likeness (QED) is 0.226. The normalized spacial score (nSPS) is 24.6. The topological polar surface area (TPSA) is 26.3 Å². The molecule has 0 amide bonds. The first-order valence-corrected chi connectivity index (χ1v) is 13.0. The van der Waals surface area contributed by atoms with Gasteiger partial charge in [0.15, 0.2) is 11.6 Å². The minimum atomic E-state index is -0.874. The van der Waals surface area contributed by atoms with Gasteiger partial charge in [0, 0.05) is 0 Å². The Balaban J connectivity index is 1.38. The first-order valence-electron chi connectivity index (χ1n) is 13.0. The lowest BCUT2D eigenvalue weighted by Gasteiger charge is -2.41. The number of halogens is 2. The zero-order valence-electron chi connectivity index (χ0n) is 20.8. The summed E-state index contributed by atoms with van der Waals surface area (Å²) in [5.74, 6) is 0.225. The Morgan fingerprint density at radius 2 is 1.74 bits per heavy atom. The number of ether oxygens (including phenoxy) is 1. The van der Waals surface area contributed by atoms with E-state index in [2.05, 4.69) is 19.1 Å². The monoisotopic (exact) mass is 478 g/mol. The van der Waals surface area contributed by atoms with Crippen LogP contribution in [0.5, 0.6) is 5.75 Å². The molecule has 2 aliphatic carbocycles. The van der Waals surface area contributed by atoms with Crippen molar-refractivity contribution < 1.29 is 18.3 Å². The van der Waals surface area contributed by atoms with Crippen molar-refractivity contribution in [2.24, 2.45) is 17.8 Å². The molecule has 2 aliphatic rings. The molecular weight excluding hydrogens is 442 g/mol. The lowest BCUT2D eigenvalue weighted by Crippen LogP contribution is -2.30. The number of allylic oxidation sites excluding steroid dienone is 4. The van der Waals surface area contributed by atoms with Gasteiger partial charge >= 0.3 is 5.97 Å². The van der Waals surface area contributed by atoms with Crippen molar-refractivity contribution in [1.82, 2.24) is 0 Å². The lowest BCUT2D eigenvalue weighted by atomic mass is 9.64.